The quantitative estimate of drug-likeness (QED) is 0.618. The van der Waals surface area contributed by atoms with E-state index in [0.717, 1.165) is 23.2 Å². The summed E-state index contributed by atoms with van der Waals surface area (Å²) < 4.78 is 0. The van der Waals surface area contributed by atoms with Crippen LogP contribution in [0.5, 0.6) is 0 Å². The molecule has 1 saturated carbocycles. The fourth-order valence-corrected chi connectivity index (χ4v) is 5.34. The standard InChI is InChI=1S/C25H24N2O3/c1-13-7-8-18(10-14(13)2)26-23(28)16-5-4-6-19(11-16)27-24(29)21-17-9-15(3)20(12-17)22(21)25(27)30/h4-11,17,20-22H,12H2,1-3H3,(H,26,28)/t17-,20+,21-,22+/m0/s1. The van der Waals surface area contributed by atoms with Crippen LogP contribution in [-0.2, 0) is 9.59 Å². The van der Waals surface area contributed by atoms with E-state index in [9.17, 15) is 14.4 Å². The highest BCUT2D eigenvalue weighted by molar-refractivity contribution is 6.23. The van der Waals surface area contributed by atoms with Gasteiger partial charge in [-0.15, -0.1) is 0 Å². The number of carbonyl (C=O) groups excluding carboxylic acids is 3. The van der Waals surface area contributed by atoms with Gasteiger partial charge in [-0.25, -0.2) is 4.90 Å². The van der Waals surface area contributed by atoms with Crippen LogP contribution in [0.1, 0.15) is 34.8 Å². The van der Waals surface area contributed by atoms with Crippen molar-refractivity contribution in [2.45, 2.75) is 27.2 Å². The van der Waals surface area contributed by atoms with Crippen LogP contribution in [0.3, 0.4) is 0 Å². The number of rotatable bonds is 3. The summed E-state index contributed by atoms with van der Waals surface area (Å²) in [6, 6.07) is 12.5. The summed E-state index contributed by atoms with van der Waals surface area (Å²) in [4.78, 5) is 40.3. The Hall–Kier alpha value is -3.21. The maximum absolute atomic E-state index is 13.2. The van der Waals surface area contributed by atoms with Crippen LogP contribution in [0.2, 0.25) is 0 Å². The number of nitrogens with one attached hydrogen (secondary N) is 1. The molecule has 30 heavy (non-hydrogen) atoms. The number of imide groups is 1. The minimum absolute atomic E-state index is 0.128. The first-order chi connectivity index (χ1) is 14.3. The van der Waals surface area contributed by atoms with Gasteiger partial charge in [-0.3, -0.25) is 14.4 Å². The van der Waals surface area contributed by atoms with Gasteiger partial charge in [-0.1, -0.05) is 23.8 Å². The lowest BCUT2D eigenvalue weighted by atomic mass is 9.82. The molecule has 3 aliphatic rings. The first-order valence-corrected chi connectivity index (χ1v) is 10.4. The molecule has 0 aromatic heterocycles. The summed E-state index contributed by atoms with van der Waals surface area (Å²) >= 11 is 0. The number of benzene rings is 2. The molecule has 0 spiro atoms. The predicted octanol–water partition coefficient (Wildman–Crippen LogP) is 4.26. The fourth-order valence-electron chi connectivity index (χ4n) is 5.34. The second-order valence-corrected chi connectivity index (χ2v) is 8.78. The largest absolute Gasteiger partial charge is 0.322 e. The molecule has 0 radical (unpaired) electrons. The van der Waals surface area contributed by atoms with Crippen LogP contribution in [-0.4, -0.2) is 17.7 Å². The minimum Gasteiger partial charge on any atom is -0.322 e. The van der Waals surface area contributed by atoms with E-state index in [2.05, 4.69) is 18.3 Å². The number of hydrogen-bond donors (Lipinski definition) is 1. The zero-order chi connectivity index (χ0) is 21.2. The number of allylic oxidation sites excluding steroid dienone is 2. The van der Waals surface area contributed by atoms with Gasteiger partial charge >= 0.3 is 0 Å². The van der Waals surface area contributed by atoms with Crippen molar-refractivity contribution in [2.24, 2.45) is 23.7 Å². The van der Waals surface area contributed by atoms with Crippen molar-refractivity contribution in [3.05, 3.63) is 70.8 Å². The Morgan fingerprint density at radius 3 is 2.50 bits per heavy atom. The normalized spacial score (nSPS) is 26.8. The van der Waals surface area contributed by atoms with Crippen LogP contribution in [0.25, 0.3) is 0 Å². The number of nitrogens with zero attached hydrogens (tertiary/aromatic N) is 1. The molecule has 2 bridgehead atoms. The van der Waals surface area contributed by atoms with Gasteiger partial charge in [0.05, 0.1) is 17.5 Å². The van der Waals surface area contributed by atoms with E-state index in [1.165, 1.54) is 10.5 Å². The Bertz CT molecular complexity index is 1130. The molecule has 5 nitrogen and oxygen atoms in total. The monoisotopic (exact) mass is 400 g/mol. The molecule has 152 valence electrons. The molecule has 2 aliphatic carbocycles. The van der Waals surface area contributed by atoms with Crippen LogP contribution >= 0.6 is 0 Å². The van der Waals surface area contributed by atoms with Crippen molar-refractivity contribution in [3.63, 3.8) is 0 Å². The van der Waals surface area contributed by atoms with Gasteiger partial charge < -0.3 is 5.32 Å². The Kier molecular flexibility index (Phi) is 4.17. The molecule has 1 N–H and O–H groups in total. The van der Waals surface area contributed by atoms with Gasteiger partial charge in [0.15, 0.2) is 0 Å². The number of anilines is 2. The SMILES string of the molecule is CC1=C[C@H]2C[C@H]1[C@H]1C(=O)N(c3cccc(C(=O)Nc4ccc(C)c(C)c4)c3)C(=O)[C@H]12. The first-order valence-electron chi connectivity index (χ1n) is 10.4. The zero-order valence-electron chi connectivity index (χ0n) is 17.3. The maximum Gasteiger partial charge on any atom is 0.255 e. The van der Waals surface area contributed by atoms with E-state index in [-0.39, 0.29) is 41.4 Å². The maximum atomic E-state index is 13.2. The average Bonchev–Trinajstić information content (AvgIpc) is 3.35. The van der Waals surface area contributed by atoms with E-state index in [4.69, 9.17) is 0 Å². The predicted molar refractivity (Wildman–Crippen MR) is 115 cm³/mol. The molecule has 5 rings (SSSR count). The van der Waals surface area contributed by atoms with Gasteiger partial charge in [-0.05, 0) is 80.5 Å². The number of aryl methyl sites for hydroxylation is 2. The Labute approximate surface area is 175 Å². The lowest BCUT2D eigenvalue weighted by molar-refractivity contribution is -0.123. The number of amides is 3. The summed E-state index contributed by atoms with van der Waals surface area (Å²) in [7, 11) is 0. The lowest BCUT2D eigenvalue weighted by Crippen LogP contribution is -2.33. The second kappa shape index (κ2) is 6.66. The minimum atomic E-state index is -0.267. The highest BCUT2D eigenvalue weighted by atomic mass is 16.2. The van der Waals surface area contributed by atoms with E-state index in [1.54, 1.807) is 24.3 Å². The third-order valence-electron chi connectivity index (χ3n) is 7.01. The molecule has 2 fully saturated rings. The number of carbonyl (C=O) groups is 3. The third-order valence-corrected chi connectivity index (χ3v) is 7.01. The smallest absolute Gasteiger partial charge is 0.255 e. The number of hydrogen-bond acceptors (Lipinski definition) is 3. The molecule has 5 heteroatoms. The molecule has 1 heterocycles. The molecule has 1 aliphatic heterocycles. The Balaban J connectivity index is 1.40. The van der Waals surface area contributed by atoms with E-state index < -0.39 is 0 Å². The summed E-state index contributed by atoms with van der Waals surface area (Å²) in [6.07, 6.45) is 3.07. The summed E-state index contributed by atoms with van der Waals surface area (Å²) in [5, 5.41) is 2.90. The highest BCUT2D eigenvalue weighted by Crippen LogP contribution is 2.55. The molecule has 2 aromatic rings. The van der Waals surface area contributed by atoms with Crippen molar-refractivity contribution in [1.82, 2.24) is 0 Å². The summed E-state index contributed by atoms with van der Waals surface area (Å²) in [5.41, 5.74) is 5.09. The van der Waals surface area contributed by atoms with E-state index >= 15 is 0 Å². The number of fused-ring (bicyclic) bond motifs is 5. The second-order valence-electron chi connectivity index (χ2n) is 8.78. The fraction of sp³-hybridized carbons (Fsp3) is 0.320. The van der Waals surface area contributed by atoms with Crippen LogP contribution in [0.15, 0.2) is 54.1 Å². The highest BCUT2D eigenvalue weighted by Gasteiger charge is 2.60. The van der Waals surface area contributed by atoms with Gasteiger partial charge in [0.2, 0.25) is 11.8 Å². The third kappa shape index (κ3) is 2.72. The topological polar surface area (TPSA) is 66.5 Å². The summed E-state index contributed by atoms with van der Waals surface area (Å²) in [6.45, 7) is 6.07. The molecule has 3 amide bonds. The Morgan fingerprint density at radius 1 is 0.967 bits per heavy atom. The molecule has 2 aromatic carbocycles. The van der Waals surface area contributed by atoms with Crippen molar-refractivity contribution in [1.29, 1.82) is 0 Å². The zero-order valence-corrected chi connectivity index (χ0v) is 17.3. The van der Waals surface area contributed by atoms with Gasteiger partial charge in [-0.2, -0.15) is 0 Å². The molecule has 4 atom stereocenters. The van der Waals surface area contributed by atoms with E-state index in [0.29, 0.717) is 11.3 Å². The lowest BCUT2D eigenvalue weighted by Gasteiger charge is -2.19. The molecular weight excluding hydrogens is 376 g/mol. The van der Waals surface area contributed by atoms with Gasteiger partial charge in [0.25, 0.3) is 5.91 Å². The van der Waals surface area contributed by atoms with Gasteiger partial charge in [0.1, 0.15) is 0 Å². The van der Waals surface area contributed by atoms with Crippen molar-refractivity contribution in [2.75, 3.05) is 10.2 Å². The van der Waals surface area contributed by atoms with Crippen LogP contribution < -0.4 is 10.2 Å². The molecule has 0 unspecified atom stereocenters. The van der Waals surface area contributed by atoms with Crippen LogP contribution in [0.4, 0.5) is 11.4 Å². The van der Waals surface area contributed by atoms with Crippen molar-refractivity contribution < 1.29 is 14.4 Å². The molecule has 1 saturated heterocycles. The summed E-state index contributed by atoms with van der Waals surface area (Å²) in [5.74, 6) is -0.684. The van der Waals surface area contributed by atoms with E-state index in [1.807, 2.05) is 32.0 Å². The van der Waals surface area contributed by atoms with Crippen molar-refractivity contribution in [3.8, 4) is 0 Å². The Morgan fingerprint density at radius 2 is 1.73 bits per heavy atom. The van der Waals surface area contributed by atoms with Gasteiger partial charge in [0, 0.05) is 11.3 Å². The van der Waals surface area contributed by atoms with Crippen LogP contribution in [0, 0.1) is 37.5 Å². The van der Waals surface area contributed by atoms with Crippen molar-refractivity contribution >= 4 is 29.1 Å². The first kappa shape index (κ1) is 18.8. The average molecular weight is 400 g/mol. The molecular formula is C25H24N2O3.